The number of halogens is 1. The number of benzene rings is 1. The van der Waals surface area contributed by atoms with Gasteiger partial charge < -0.3 is 0 Å². The van der Waals surface area contributed by atoms with E-state index in [1.807, 2.05) is 12.1 Å². The van der Waals surface area contributed by atoms with E-state index in [9.17, 15) is 4.79 Å². The Balaban J connectivity index is 1.35. The fourth-order valence-electron chi connectivity index (χ4n) is 5.45. The minimum atomic E-state index is 0.0712. The van der Waals surface area contributed by atoms with Gasteiger partial charge in [-0.15, -0.1) is 11.8 Å². The number of hydrogen-bond acceptors (Lipinski definition) is 2. The minimum Gasteiger partial charge on any atom is -0.298 e. The van der Waals surface area contributed by atoms with Crippen LogP contribution in [0.5, 0.6) is 0 Å². The first kappa shape index (κ1) is 15.1. The van der Waals surface area contributed by atoms with Crippen molar-refractivity contribution in [3.8, 4) is 0 Å². The molecule has 0 atom stereocenters. The Hall–Kier alpha value is -0.470. The Morgan fingerprint density at radius 1 is 1.05 bits per heavy atom. The molecule has 4 bridgehead atoms. The molecule has 1 nitrogen and oxygen atoms in total. The van der Waals surface area contributed by atoms with Gasteiger partial charge in [0.2, 0.25) is 0 Å². The van der Waals surface area contributed by atoms with Gasteiger partial charge in [0, 0.05) is 16.2 Å². The largest absolute Gasteiger partial charge is 0.298 e. The van der Waals surface area contributed by atoms with Gasteiger partial charge in [-0.1, -0.05) is 23.7 Å². The molecule has 4 fully saturated rings. The van der Waals surface area contributed by atoms with Crippen molar-refractivity contribution in [2.75, 3.05) is 5.75 Å². The number of ketones is 1. The van der Waals surface area contributed by atoms with E-state index < -0.39 is 0 Å². The quantitative estimate of drug-likeness (QED) is 0.721. The highest BCUT2D eigenvalue weighted by atomic mass is 35.5. The lowest BCUT2D eigenvalue weighted by Gasteiger charge is -2.56. The molecule has 0 radical (unpaired) electrons. The maximum absolute atomic E-state index is 12.9. The van der Waals surface area contributed by atoms with Crippen molar-refractivity contribution in [2.45, 2.75) is 44.3 Å². The summed E-state index contributed by atoms with van der Waals surface area (Å²) in [5.41, 5.74) is 1.33. The van der Waals surface area contributed by atoms with Gasteiger partial charge in [0.05, 0.1) is 5.75 Å². The molecule has 0 spiro atoms. The lowest BCUT2D eigenvalue weighted by molar-refractivity contribution is -0.141. The summed E-state index contributed by atoms with van der Waals surface area (Å²) in [7, 11) is 0. The molecule has 118 valence electrons. The van der Waals surface area contributed by atoms with Crippen molar-refractivity contribution >= 4 is 29.1 Å². The number of Topliss-reactive ketones (excluding diaryl/α,β-unsaturated/α-hetero) is 1. The zero-order chi connectivity index (χ0) is 15.2. The average Bonchev–Trinajstić information content (AvgIpc) is 2.48. The molecule has 4 aliphatic carbocycles. The van der Waals surface area contributed by atoms with Crippen LogP contribution in [0.25, 0.3) is 0 Å². The summed E-state index contributed by atoms with van der Waals surface area (Å²) in [4.78, 5) is 12.9. The van der Waals surface area contributed by atoms with Gasteiger partial charge in [0.25, 0.3) is 0 Å². The number of hydrogen-bond donors (Lipinski definition) is 0. The van der Waals surface area contributed by atoms with Gasteiger partial charge in [-0.3, -0.25) is 4.79 Å². The highest BCUT2D eigenvalue weighted by molar-refractivity contribution is 7.99. The smallest absolute Gasteiger partial charge is 0.148 e. The monoisotopic (exact) mass is 334 g/mol. The normalized spacial score (nSPS) is 35.8. The first-order valence-corrected chi connectivity index (χ1v) is 10.0. The summed E-state index contributed by atoms with van der Waals surface area (Å²) < 4.78 is 0. The van der Waals surface area contributed by atoms with Crippen molar-refractivity contribution in [3.05, 3.63) is 34.9 Å². The topological polar surface area (TPSA) is 17.1 Å². The molecule has 4 saturated carbocycles. The number of thioether (sulfide) groups is 1. The summed E-state index contributed by atoms with van der Waals surface area (Å²) in [6.45, 7) is 0. The molecule has 3 heteroatoms. The molecule has 5 rings (SSSR count). The predicted molar refractivity (Wildman–Crippen MR) is 93.2 cm³/mol. The van der Waals surface area contributed by atoms with Crippen molar-refractivity contribution in [1.82, 2.24) is 0 Å². The van der Waals surface area contributed by atoms with Gasteiger partial charge in [-0.05, 0) is 74.0 Å². The maximum Gasteiger partial charge on any atom is 0.148 e. The minimum absolute atomic E-state index is 0.0712. The van der Waals surface area contributed by atoms with Gasteiger partial charge in [-0.25, -0.2) is 0 Å². The summed E-state index contributed by atoms with van der Waals surface area (Å²) in [5.74, 6) is 4.72. The molecular weight excluding hydrogens is 312 g/mol. The van der Waals surface area contributed by atoms with Crippen LogP contribution in [0.3, 0.4) is 0 Å². The lowest BCUT2D eigenvalue weighted by Crippen LogP contribution is -2.50. The van der Waals surface area contributed by atoms with Crippen LogP contribution >= 0.6 is 23.4 Å². The Labute approximate surface area is 142 Å². The predicted octanol–water partition coefficient (Wildman–Crippen LogP) is 5.36. The third-order valence-electron chi connectivity index (χ3n) is 6.04. The maximum atomic E-state index is 12.9. The van der Waals surface area contributed by atoms with Gasteiger partial charge in [0.15, 0.2) is 0 Å². The van der Waals surface area contributed by atoms with Crippen LogP contribution in [-0.2, 0) is 10.5 Å². The molecule has 0 amide bonds. The van der Waals surface area contributed by atoms with Crippen LogP contribution in [0.1, 0.15) is 44.1 Å². The van der Waals surface area contributed by atoms with E-state index in [1.165, 1.54) is 44.1 Å². The second kappa shape index (κ2) is 5.87. The van der Waals surface area contributed by atoms with Gasteiger partial charge >= 0.3 is 0 Å². The second-order valence-corrected chi connectivity index (χ2v) is 9.16. The summed E-state index contributed by atoms with van der Waals surface area (Å²) in [6, 6.07) is 7.98. The third-order valence-corrected chi connectivity index (χ3v) is 7.30. The second-order valence-electron chi connectivity index (χ2n) is 7.74. The van der Waals surface area contributed by atoms with Crippen molar-refractivity contribution in [1.29, 1.82) is 0 Å². The van der Waals surface area contributed by atoms with Crippen LogP contribution < -0.4 is 0 Å². The zero-order valence-electron chi connectivity index (χ0n) is 12.9. The molecule has 0 unspecified atom stereocenters. The Morgan fingerprint density at radius 3 is 2.14 bits per heavy atom. The molecule has 0 aromatic heterocycles. The van der Waals surface area contributed by atoms with E-state index in [1.54, 1.807) is 11.8 Å². The highest BCUT2D eigenvalue weighted by Gasteiger charge is 2.53. The van der Waals surface area contributed by atoms with Crippen molar-refractivity contribution in [3.63, 3.8) is 0 Å². The van der Waals surface area contributed by atoms with E-state index in [2.05, 4.69) is 12.1 Å². The van der Waals surface area contributed by atoms with Crippen LogP contribution in [-0.4, -0.2) is 11.5 Å². The zero-order valence-corrected chi connectivity index (χ0v) is 14.5. The molecule has 0 aliphatic heterocycles. The van der Waals surface area contributed by atoms with Crippen LogP contribution in [0.2, 0.25) is 5.02 Å². The Bertz CT molecular complexity index is 530. The molecule has 22 heavy (non-hydrogen) atoms. The van der Waals surface area contributed by atoms with Gasteiger partial charge in [-0.2, -0.15) is 0 Å². The number of carbonyl (C=O) groups is 1. The standard InChI is InChI=1S/C19H23ClOS/c20-17-3-1-13(2-4-17)11-22-12-18(21)19-8-14-5-15(9-19)7-16(6-14)10-19/h1-4,14-16H,5-12H2. The fraction of sp³-hybridized carbons (Fsp3) is 0.632. The first-order chi connectivity index (χ1) is 10.6. The molecule has 0 heterocycles. The first-order valence-electron chi connectivity index (χ1n) is 8.48. The number of carbonyl (C=O) groups excluding carboxylic acids is 1. The molecule has 0 N–H and O–H groups in total. The Kier molecular flexibility index (Phi) is 4.02. The highest BCUT2D eigenvalue weighted by Crippen LogP contribution is 2.60. The summed E-state index contributed by atoms with van der Waals surface area (Å²) in [6.07, 6.45) is 7.80. The van der Waals surface area contributed by atoms with E-state index in [4.69, 9.17) is 11.6 Å². The SMILES string of the molecule is O=C(CSCc1ccc(Cl)cc1)C12CC3CC(CC(C3)C1)C2. The van der Waals surface area contributed by atoms with E-state index in [-0.39, 0.29) is 5.41 Å². The van der Waals surface area contributed by atoms with Crippen LogP contribution in [0.4, 0.5) is 0 Å². The molecule has 4 aliphatic rings. The van der Waals surface area contributed by atoms with Crippen molar-refractivity contribution in [2.24, 2.45) is 23.2 Å². The lowest BCUT2D eigenvalue weighted by atomic mass is 9.48. The van der Waals surface area contributed by atoms with E-state index >= 15 is 0 Å². The number of rotatable bonds is 5. The third kappa shape index (κ3) is 2.85. The Morgan fingerprint density at radius 2 is 1.59 bits per heavy atom. The molecule has 0 saturated heterocycles. The van der Waals surface area contributed by atoms with Gasteiger partial charge in [0.1, 0.15) is 5.78 Å². The van der Waals surface area contributed by atoms with Crippen LogP contribution in [0, 0.1) is 23.2 Å². The van der Waals surface area contributed by atoms with Crippen LogP contribution in [0.15, 0.2) is 24.3 Å². The summed E-state index contributed by atoms with van der Waals surface area (Å²) >= 11 is 7.69. The van der Waals surface area contributed by atoms with E-state index in [0.717, 1.165) is 28.5 Å². The molecule has 1 aromatic carbocycles. The molecular formula is C19H23ClOS. The average molecular weight is 335 g/mol. The fourth-order valence-corrected chi connectivity index (χ4v) is 6.60. The summed E-state index contributed by atoms with van der Waals surface area (Å²) in [5, 5.41) is 0.776. The van der Waals surface area contributed by atoms with E-state index in [0.29, 0.717) is 11.5 Å². The molecule has 1 aromatic rings. The van der Waals surface area contributed by atoms with Crippen molar-refractivity contribution < 1.29 is 4.79 Å².